The second kappa shape index (κ2) is 12.4. The Kier molecular flexibility index (Phi) is 8.55. The topological polar surface area (TPSA) is 86.8 Å². The van der Waals surface area contributed by atoms with E-state index in [0.717, 1.165) is 35.1 Å². The van der Waals surface area contributed by atoms with Crippen LogP contribution in [-0.2, 0) is 38.0 Å². The van der Waals surface area contributed by atoms with Gasteiger partial charge in [0.05, 0.1) is 11.9 Å². The Morgan fingerprint density at radius 3 is 1.84 bits per heavy atom. The Bertz CT molecular complexity index is 1540. The van der Waals surface area contributed by atoms with Gasteiger partial charge >= 0.3 is 0 Å². The summed E-state index contributed by atoms with van der Waals surface area (Å²) >= 11 is 0. The lowest BCUT2D eigenvalue weighted by Gasteiger charge is -2.57. The highest BCUT2D eigenvalue weighted by Crippen LogP contribution is 2.60. The fourth-order valence-electron chi connectivity index (χ4n) is 8.56. The van der Waals surface area contributed by atoms with Gasteiger partial charge in [0.2, 0.25) is 21.8 Å². The normalized spacial score (nSPS) is 24.5. The zero-order valence-electron chi connectivity index (χ0n) is 25.7. The first-order valence-corrected chi connectivity index (χ1v) is 17.7. The number of anilines is 1. The fourth-order valence-corrected chi connectivity index (χ4v) is 9.41. The van der Waals surface area contributed by atoms with Crippen LogP contribution < -0.4 is 9.62 Å². The lowest BCUT2D eigenvalue weighted by Crippen LogP contribution is -2.52. The minimum atomic E-state index is -3.80. The first-order chi connectivity index (χ1) is 21.1. The van der Waals surface area contributed by atoms with E-state index in [1.807, 2.05) is 72.8 Å². The molecular weight excluding hydrogens is 570 g/mol. The molecule has 4 aliphatic carbocycles. The van der Waals surface area contributed by atoms with Crippen LogP contribution in [0.2, 0.25) is 0 Å². The van der Waals surface area contributed by atoms with Gasteiger partial charge in [0.15, 0.2) is 0 Å². The summed E-state index contributed by atoms with van der Waals surface area (Å²) < 4.78 is 27.5. The molecular formula is C36H43N3O4S. The van der Waals surface area contributed by atoms with E-state index in [1.165, 1.54) is 53.3 Å². The monoisotopic (exact) mass is 613 g/mol. The highest BCUT2D eigenvalue weighted by Gasteiger charge is 2.51. The van der Waals surface area contributed by atoms with Crippen molar-refractivity contribution in [1.29, 1.82) is 0 Å². The molecule has 2 amide bonds. The second-order valence-corrected chi connectivity index (χ2v) is 15.2. The van der Waals surface area contributed by atoms with E-state index >= 15 is 0 Å². The number of likely N-dealkylation sites (N-methyl/N-ethyl adjacent to an activating group) is 1. The van der Waals surface area contributed by atoms with Gasteiger partial charge in [0.25, 0.3) is 0 Å². The smallest absolute Gasteiger partial charge is 0.244 e. The molecule has 0 unspecified atom stereocenters. The van der Waals surface area contributed by atoms with Crippen molar-refractivity contribution in [3.8, 4) is 0 Å². The third-order valence-electron chi connectivity index (χ3n) is 10.2. The summed E-state index contributed by atoms with van der Waals surface area (Å²) in [5.74, 6) is 1.69. The minimum Gasteiger partial charge on any atom is -0.357 e. The minimum absolute atomic E-state index is 0.174. The largest absolute Gasteiger partial charge is 0.357 e. The Hall–Kier alpha value is -3.65. The van der Waals surface area contributed by atoms with E-state index in [-0.39, 0.29) is 17.9 Å². The molecule has 0 spiro atoms. The summed E-state index contributed by atoms with van der Waals surface area (Å²) in [5.41, 5.74) is 3.73. The summed E-state index contributed by atoms with van der Waals surface area (Å²) in [4.78, 5) is 29.0. The molecule has 0 radical (unpaired) electrons. The quantitative estimate of drug-likeness (QED) is 0.318. The van der Waals surface area contributed by atoms with Gasteiger partial charge in [-0.3, -0.25) is 13.9 Å². The molecule has 4 fully saturated rings. The molecule has 4 saturated carbocycles. The molecule has 0 aliphatic heterocycles. The molecule has 1 atom stereocenters. The molecule has 44 heavy (non-hydrogen) atoms. The molecule has 0 heterocycles. The molecule has 232 valence electrons. The van der Waals surface area contributed by atoms with Gasteiger partial charge in [-0.2, -0.15) is 0 Å². The maximum Gasteiger partial charge on any atom is 0.244 e. The van der Waals surface area contributed by atoms with Crippen LogP contribution in [0.3, 0.4) is 0 Å². The maximum absolute atomic E-state index is 14.2. The Labute approximate surface area is 261 Å². The molecule has 1 N–H and O–H groups in total. The highest BCUT2D eigenvalue weighted by molar-refractivity contribution is 7.92. The van der Waals surface area contributed by atoms with Crippen LogP contribution in [0.15, 0.2) is 84.9 Å². The summed E-state index contributed by atoms with van der Waals surface area (Å²) in [5, 5.41) is 2.72. The molecule has 0 aromatic heterocycles. The van der Waals surface area contributed by atoms with Gasteiger partial charge in [-0.1, -0.05) is 72.8 Å². The number of hydrogen-bond donors (Lipinski definition) is 1. The van der Waals surface area contributed by atoms with Gasteiger partial charge < -0.3 is 10.2 Å². The number of sulfonamides is 1. The number of benzene rings is 3. The van der Waals surface area contributed by atoms with E-state index < -0.39 is 28.5 Å². The van der Waals surface area contributed by atoms with Crippen LogP contribution in [0.4, 0.5) is 5.69 Å². The average molecular weight is 614 g/mol. The predicted molar refractivity (Wildman–Crippen MR) is 173 cm³/mol. The Morgan fingerprint density at radius 1 is 0.818 bits per heavy atom. The van der Waals surface area contributed by atoms with Crippen LogP contribution in [0.25, 0.3) is 0 Å². The van der Waals surface area contributed by atoms with Gasteiger partial charge in [0.1, 0.15) is 12.6 Å². The molecule has 4 aliphatic rings. The SMILES string of the molecule is CNC(=O)[C@H](Cc1ccccc1)N(Cc1ccccc1)C(=O)CN(c1ccc(C23CC4CC(CC(C4)C2)C3)cc1)S(C)(=O)=O. The summed E-state index contributed by atoms with van der Waals surface area (Å²) in [6.07, 6.45) is 9.20. The number of amides is 2. The summed E-state index contributed by atoms with van der Waals surface area (Å²) in [7, 11) is -2.25. The van der Waals surface area contributed by atoms with Crippen LogP contribution in [-0.4, -0.2) is 51.0 Å². The van der Waals surface area contributed by atoms with Crippen LogP contribution in [0.5, 0.6) is 0 Å². The highest BCUT2D eigenvalue weighted by atomic mass is 32.2. The van der Waals surface area contributed by atoms with Crippen molar-refractivity contribution in [2.24, 2.45) is 17.8 Å². The van der Waals surface area contributed by atoms with Crippen molar-refractivity contribution in [1.82, 2.24) is 10.2 Å². The van der Waals surface area contributed by atoms with Gasteiger partial charge in [-0.05, 0) is 90.5 Å². The van der Waals surface area contributed by atoms with Gasteiger partial charge in [0, 0.05) is 20.0 Å². The van der Waals surface area contributed by atoms with Gasteiger partial charge in [-0.25, -0.2) is 8.42 Å². The van der Waals surface area contributed by atoms with Crippen molar-refractivity contribution in [2.75, 3.05) is 24.2 Å². The number of carbonyl (C=O) groups excluding carboxylic acids is 2. The van der Waals surface area contributed by atoms with E-state index in [1.54, 1.807) is 7.05 Å². The van der Waals surface area contributed by atoms with Gasteiger partial charge in [-0.15, -0.1) is 0 Å². The molecule has 7 nitrogen and oxygen atoms in total. The van der Waals surface area contributed by atoms with Crippen molar-refractivity contribution in [3.63, 3.8) is 0 Å². The number of carbonyl (C=O) groups is 2. The lowest BCUT2D eigenvalue weighted by atomic mass is 9.48. The first-order valence-electron chi connectivity index (χ1n) is 15.8. The zero-order valence-corrected chi connectivity index (χ0v) is 26.5. The number of rotatable bonds is 11. The van der Waals surface area contributed by atoms with E-state index in [0.29, 0.717) is 12.1 Å². The molecule has 3 aromatic rings. The second-order valence-electron chi connectivity index (χ2n) is 13.3. The van der Waals surface area contributed by atoms with Crippen LogP contribution >= 0.6 is 0 Å². The molecule has 4 bridgehead atoms. The number of hydrogen-bond acceptors (Lipinski definition) is 4. The van der Waals surface area contributed by atoms with Crippen molar-refractivity contribution < 1.29 is 18.0 Å². The van der Waals surface area contributed by atoms with Crippen LogP contribution in [0.1, 0.15) is 55.2 Å². The van der Waals surface area contributed by atoms with E-state index in [4.69, 9.17) is 0 Å². The maximum atomic E-state index is 14.2. The van der Waals surface area contributed by atoms with Crippen molar-refractivity contribution in [2.45, 2.75) is 62.9 Å². The molecule has 3 aromatic carbocycles. The number of nitrogens with zero attached hydrogens (tertiary/aromatic N) is 2. The van der Waals surface area contributed by atoms with E-state index in [2.05, 4.69) is 17.4 Å². The third kappa shape index (κ3) is 6.41. The molecule has 0 saturated heterocycles. The fraction of sp³-hybridized carbons (Fsp3) is 0.444. The molecule has 8 heteroatoms. The number of nitrogens with one attached hydrogen (secondary N) is 1. The lowest BCUT2D eigenvalue weighted by molar-refractivity contribution is -0.139. The first kappa shape index (κ1) is 30.4. The summed E-state index contributed by atoms with van der Waals surface area (Å²) in [6, 6.07) is 26.1. The van der Waals surface area contributed by atoms with Crippen molar-refractivity contribution in [3.05, 3.63) is 102 Å². The Balaban J connectivity index is 1.28. The predicted octanol–water partition coefficient (Wildman–Crippen LogP) is 5.31. The van der Waals surface area contributed by atoms with Crippen LogP contribution in [0, 0.1) is 17.8 Å². The standard InChI is InChI=1S/C36H43N3O4S/c1-37-35(41)33(20-26-9-5-3-6-10-26)38(24-27-11-7-4-8-12-27)34(40)25-39(44(2,42)43)32-15-13-31(14-16-32)36-21-28-17-29(22-36)19-30(18-28)23-36/h3-16,28-30,33H,17-25H2,1-2H3,(H,37,41)/t28?,29?,30?,33-,36?/m0/s1. The average Bonchev–Trinajstić information content (AvgIpc) is 3.01. The summed E-state index contributed by atoms with van der Waals surface area (Å²) in [6.45, 7) is -0.224. The Morgan fingerprint density at radius 2 is 1.34 bits per heavy atom. The molecule has 7 rings (SSSR count). The third-order valence-corrected chi connectivity index (χ3v) is 11.3. The van der Waals surface area contributed by atoms with E-state index in [9.17, 15) is 18.0 Å². The van der Waals surface area contributed by atoms with Crippen molar-refractivity contribution >= 4 is 27.5 Å². The zero-order chi connectivity index (χ0) is 30.9.